The highest BCUT2D eigenvalue weighted by Crippen LogP contribution is 2.23. The van der Waals surface area contributed by atoms with Crippen LogP contribution >= 0.6 is 11.6 Å². The number of H-pyrrole nitrogens is 1. The normalized spacial score (nSPS) is 10.4. The maximum atomic E-state index is 11.3. The van der Waals surface area contributed by atoms with Crippen LogP contribution in [0.4, 0.5) is 0 Å². The first-order chi connectivity index (χ1) is 6.72. The van der Waals surface area contributed by atoms with E-state index >= 15 is 0 Å². The van der Waals surface area contributed by atoms with Gasteiger partial charge in [-0.25, -0.2) is 9.97 Å². The van der Waals surface area contributed by atoms with Gasteiger partial charge in [-0.1, -0.05) is 11.6 Å². The van der Waals surface area contributed by atoms with Crippen molar-refractivity contribution in [3.63, 3.8) is 0 Å². The Labute approximate surface area is 83.7 Å². The molecule has 1 N–H and O–H groups in total. The topological polar surface area (TPSA) is 67.9 Å². The Balaban J connectivity index is 2.86. The summed E-state index contributed by atoms with van der Waals surface area (Å²) < 4.78 is 4.95. The quantitative estimate of drug-likeness (QED) is 0.714. The maximum absolute atomic E-state index is 11.3. The minimum absolute atomic E-state index is 0.151. The number of aromatic amines is 1. The SMILES string of the molecule is COc1cc2nc[nH]c(=O)c2nc1Cl. The molecule has 72 valence electrons. The van der Waals surface area contributed by atoms with Gasteiger partial charge in [0.1, 0.15) is 0 Å². The number of aromatic nitrogens is 3. The lowest BCUT2D eigenvalue weighted by atomic mass is 10.3. The molecule has 0 spiro atoms. The Kier molecular flexibility index (Phi) is 2.09. The third kappa shape index (κ3) is 1.31. The molecule has 0 saturated carbocycles. The average Bonchev–Trinajstić information content (AvgIpc) is 2.19. The summed E-state index contributed by atoms with van der Waals surface area (Å²) in [5.74, 6) is 0.400. The van der Waals surface area contributed by atoms with E-state index in [1.807, 2.05) is 0 Å². The Morgan fingerprint density at radius 1 is 1.57 bits per heavy atom. The Bertz CT molecular complexity index is 538. The minimum Gasteiger partial charge on any atom is -0.493 e. The van der Waals surface area contributed by atoms with Crippen LogP contribution in [0.1, 0.15) is 0 Å². The Hall–Kier alpha value is -1.62. The molecule has 0 saturated heterocycles. The van der Waals surface area contributed by atoms with E-state index in [1.165, 1.54) is 13.4 Å². The van der Waals surface area contributed by atoms with Crippen molar-refractivity contribution in [1.82, 2.24) is 15.0 Å². The monoisotopic (exact) mass is 211 g/mol. The lowest BCUT2D eigenvalue weighted by Gasteiger charge is -2.02. The van der Waals surface area contributed by atoms with Crippen LogP contribution in [-0.4, -0.2) is 22.1 Å². The zero-order valence-corrected chi connectivity index (χ0v) is 8.00. The van der Waals surface area contributed by atoms with E-state index < -0.39 is 0 Å². The first-order valence-corrected chi connectivity index (χ1v) is 4.18. The molecule has 5 nitrogen and oxygen atoms in total. The molecule has 0 radical (unpaired) electrons. The molecule has 6 heteroatoms. The van der Waals surface area contributed by atoms with Gasteiger partial charge in [0, 0.05) is 6.07 Å². The molecule has 0 bridgehead atoms. The predicted octanol–water partition coefficient (Wildman–Crippen LogP) is 0.980. The van der Waals surface area contributed by atoms with Gasteiger partial charge < -0.3 is 9.72 Å². The third-order valence-electron chi connectivity index (χ3n) is 1.76. The second-order valence-electron chi connectivity index (χ2n) is 2.58. The summed E-state index contributed by atoms with van der Waals surface area (Å²) in [5, 5.41) is 0.151. The molecule has 0 aliphatic rings. The molecule has 0 aliphatic heterocycles. The summed E-state index contributed by atoms with van der Waals surface area (Å²) in [6, 6.07) is 1.57. The van der Waals surface area contributed by atoms with Crippen LogP contribution in [0.3, 0.4) is 0 Å². The standard InChI is InChI=1S/C8H6ClN3O2/c1-14-5-2-4-6(12-7(5)9)8(13)11-3-10-4/h2-3H,1H3,(H,10,11,13). The van der Waals surface area contributed by atoms with E-state index in [0.29, 0.717) is 11.3 Å². The fourth-order valence-electron chi connectivity index (χ4n) is 1.10. The number of fused-ring (bicyclic) bond motifs is 1. The number of rotatable bonds is 1. The van der Waals surface area contributed by atoms with Gasteiger partial charge in [0.2, 0.25) is 0 Å². The van der Waals surface area contributed by atoms with Crippen LogP contribution < -0.4 is 10.3 Å². The van der Waals surface area contributed by atoms with E-state index in [1.54, 1.807) is 6.07 Å². The summed E-state index contributed by atoms with van der Waals surface area (Å²) in [7, 11) is 1.47. The Morgan fingerprint density at radius 2 is 2.36 bits per heavy atom. The van der Waals surface area contributed by atoms with Crippen molar-refractivity contribution >= 4 is 22.6 Å². The van der Waals surface area contributed by atoms with Crippen molar-refractivity contribution in [2.24, 2.45) is 0 Å². The summed E-state index contributed by atoms with van der Waals surface area (Å²) in [6.07, 6.45) is 1.31. The molecule has 0 aromatic carbocycles. The fraction of sp³-hybridized carbons (Fsp3) is 0.125. The van der Waals surface area contributed by atoms with Crippen LogP contribution in [0.25, 0.3) is 11.0 Å². The van der Waals surface area contributed by atoms with Crippen molar-refractivity contribution in [2.75, 3.05) is 7.11 Å². The summed E-state index contributed by atoms with van der Waals surface area (Å²) >= 11 is 5.76. The van der Waals surface area contributed by atoms with Crippen LogP contribution in [0.15, 0.2) is 17.2 Å². The molecule has 2 heterocycles. The molecule has 0 aliphatic carbocycles. The molecule has 0 atom stereocenters. The molecule has 2 rings (SSSR count). The highest BCUT2D eigenvalue weighted by Gasteiger charge is 2.07. The van der Waals surface area contributed by atoms with Gasteiger partial charge in [-0.05, 0) is 0 Å². The number of halogens is 1. The number of nitrogens with one attached hydrogen (secondary N) is 1. The molecular formula is C8H6ClN3O2. The van der Waals surface area contributed by atoms with Crippen molar-refractivity contribution in [1.29, 1.82) is 0 Å². The van der Waals surface area contributed by atoms with Crippen LogP contribution in [-0.2, 0) is 0 Å². The summed E-state index contributed by atoms with van der Waals surface area (Å²) in [6.45, 7) is 0. The van der Waals surface area contributed by atoms with Crippen LogP contribution in [0.5, 0.6) is 5.75 Å². The number of pyridine rings is 1. The number of nitrogens with zero attached hydrogens (tertiary/aromatic N) is 2. The van der Waals surface area contributed by atoms with E-state index in [2.05, 4.69) is 15.0 Å². The molecule has 0 fully saturated rings. The highest BCUT2D eigenvalue weighted by atomic mass is 35.5. The van der Waals surface area contributed by atoms with Gasteiger partial charge >= 0.3 is 0 Å². The van der Waals surface area contributed by atoms with Gasteiger partial charge in [-0.15, -0.1) is 0 Å². The summed E-state index contributed by atoms with van der Waals surface area (Å²) in [5.41, 5.74) is 0.341. The largest absolute Gasteiger partial charge is 0.493 e. The maximum Gasteiger partial charge on any atom is 0.277 e. The van der Waals surface area contributed by atoms with Gasteiger partial charge in [0.25, 0.3) is 5.56 Å². The molecule has 2 aromatic heterocycles. The first-order valence-electron chi connectivity index (χ1n) is 3.80. The van der Waals surface area contributed by atoms with E-state index in [9.17, 15) is 4.79 Å². The van der Waals surface area contributed by atoms with Crippen molar-refractivity contribution in [3.05, 3.63) is 27.9 Å². The zero-order valence-electron chi connectivity index (χ0n) is 7.24. The number of methoxy groups -OCH3 is 1. The minimum atomic E-state index is -0.320. The van der Waals surface area contributed by atoms with Gasteiger partial charge in [0.15, 0.2) is 16.4 Å². The number of hydrogen-bond acceptors (Lipinski definition) is 4. The molecule has 0 unspecified atom stereocenters. The van der Waals surface area contributed by atoms with Gasteiger partial charge in [-0.3, -0.25) is 4.79 Å². The van der Waals surface area contributed by atoms with Crippen molar-refractivity contribution in [3.8, 4) is 5.75 Å². The fourth-order valence-corrected chi connectivity index (χ4v) is 1.32. The van der Waals surface area contributed by atoms with Gasteiger partial charge in [-0.2, -0.15) is 0 Å². The van der Waals surface area contributed by atoms with Gasteiger partial charge in [0.05, 0.1) is 19.0 Å². The second kappa shape index (κ2) is 3.26. The third-order valence-corrected chi connectivity index (χ3v) is 2.03. The predicted molar refractivity (Wildman–Crippen MR) is 51.7 cm³/mol. The van der Waals surface area contributed by atoms with Crippen molar-refractivity contribution in [2.45, 2.75) is 0 Å². The molecular weight excluding hydrogens is 206 g/mol. The lowest BCUT2D eigenvalue weighted by molar-refractivity contribution is 0.414. The van der Waals surface area contributed by atoms with Crippen molar-refractivity contribution < 1.29 is 4.74 Å². The number of hydrogen-bond donors (Lipinski definition) is 1. The van der Waals surface area contributed by atoms with E-state index in [4.69, 9.17) is 16.3 Å². The molecule has 2 aromatic rings. The first kappa shape index (κ1) is 8.96. The van der Waals surface area contributed by atoms with Crippen LogP contribution in [0.2, 0.25) is 5.15 Å². The van der Waals surface area contributed by atoms with Crippen LogP contribution in [0, 0.1) is 0 Å². The summed E-state index contributed by atoms with van der Waals surface area (Å²) in [4.78, 5) is 21.5. The van der Waals surface area contributed by atoms with E-state index in [0.717, 1.165) is 0 Å². The average molecular weight is 212 g/mol. The lowest BCUT2D eigenvalue weighted by Crippen LogP contribution is -2.08. The zero-order chi connectivity index (χ0) is 10.1. The smallest absolute Gasteiger partial charge is 0.277 e. The highest BCUT2D eigenvalue weighted by molar-refractivity contribution is 6.31. The Morgan fingerprint density at radius 3 is 3.07 bits per heavy atom. The molecule has 14 heavy (non-hydrogen) atoms. The second-order valence-corrected chi connectivity index (χ2v) is 2.94. The molecule has 0 amide bonds. The number of ether oxygens (including phenoxy) is 1. The van der Waals surface area contributed by atoms with E-state index in [-0.39, 0.29) is 16.2 Å².